The van der Waals surface area contributed by atoms with Crippen molar-refractivity contribution in [2.24, 2.45) is 0 Å². The molecule has 0 N–H and O–H groups in total. The third kappa shape index (κ3) is 1.84. The van der Waals surface area contributed by atoms with E-state index in [0.717, 1.165) is 21.5 Å². The quantitative estimate of drug-likeness (QED) is 0.441. The van der Waals surface area contributed by atoms with Crippen LogP contribution < -0.4 is 0 Å². The number of nitrogens with zero attached hydrogens (tertiary/aromatic N) is 2. The van der Waals surface area contributed by atoms with E-state index in [9.17, 15) is 0 Å². The van der Waals surface area contributed by atoms with Crippen molar-refractivity contribution in [3.63, 3.8) is 0 Å². The number of aromatic nitrogens is 2. The molecule has 2 aromatic heterocycles. The predicted octanol–water partition coefficient (Wildman–Crippen LogP) is 5.27. The Morgan fingerprint density at radius 1 is 0.850 bits per heavy atom. The highest BCUT2D eigenvalue weighted by Gasteiger charge is 2.14. The minimum absolute atomic E-state index is 0.635. The van der Waals surface area contributed by atoms with Gasteiger partial charge in [-0.15, -0.1) is 11.3 Å². The van der Waals surface area contributed by atoms with Gasteiger partial charge in [0.2, 0.25) is 0 Å². The monoisotopic (exact) mass is 340 g/mol. The molecule has 0 atom stereocenters. The average Bonchev–Trinajstić information content (AvgIpc) is 2.85. The number of hydrogen-bond donors (Lipinski definition) is 0. The Morgan fingerprint density at radius 3 is 2.45 bits per heavy atom. The van der Waals surface area contributed by atoms with Crippen LogP contribution in [0.25, 0.3) is 31.6 Å². The van der Waals surface area contributed by atoms with E-state index in [1.807, 2.05) is 18.2 Å². The summed E-state index contributed by atoms with van der Waals surface area (Å²) in [6.07, 6.45) is 0. The third-order valence-electron chi connectivity index (χ3n) is 3.26. The molecule has 0 saturated carbocycles. The first-order valence-electron chi connectivity index (χ1n) is 6.23. The van der Waals surface area contributed by atoms with Gasteiger partial charge in [0.05, 0.1) is 5.69 Å². The van der Waals surface area contributed by atoms with E-state index < -0.39 is 0 Å². The molecule has 2 heterocycles. The smallest absolute Gasteiger partial charge is 0.198 e. The number of halogens is 1. The van der Waals surface area contributed by atoms with Crippen LogP contribution in [0.3, 0.4) is 0 Å². The maximum absolute atomic E-state index is 4.61. The van der Waals surface area contributed by atoms with Crippen LogP contribution in [-0.2, 0) is 0 Å². The topological polar surface area (TPSA) is 25.8 Å². The van der Waals surface area contributed by atoms with Crippen LogP contribution in [0.15, 0.2) is 59.3 Å². The van der Waals surface area contributed by atoms with Crippen LogP contribution >= 0.6 is 27.3 Å². The van der Waals surface area contributed by atoms with Crippen LogP contribution in [0.4, 0.5) is 0 Å². The third-order valence-corrected chi connectivity index (χ3v) is 4.68. The summed E-state index contributed by atoms with van der Waals surface area (Å²) in [7, 11) is 0. The van der Waals surface area contributed by atoms with Crippen molar-refractivity contribution in [2.75, 3.05) is 0 Å². The lowest BCUT2D eigenvalue weighted by Gasteiger charge is -2.03. The first-order valence-corrected chi connectivity index (χ1v) is 7.84. The summed E-state index contributed by atoms with van der Waals surface area (Å²) in [6.45, 7) is 0. The fraction of sp³-hybridized carbons (Fsp3) is 0. The molecule has 0 aliphatic heterocycles. The zero-order chi connectivity index (χ0) is 13.5. The molecule has 4 aromatic rings. The van der Waals surface area contributed by atoms with Crippen molar-refractivity contribution in [3.8, 4) is 11.3 Å². The lowest BCUT2D eigenvalue weighted by molar-refractivity contribution is 1.17. The number of benzene rings is 2. The zero-order valence-corrected chi connectivity index (χ0v) is 12.8. The Morgan fingerprint density at radius 2 is 1.60 bits per heavy atom. The highest BCUT2D eigenvalue weighted by molar-refractivity contribution is 9.10. The first-order chi connectivity index (χ1) is 9.83. The summed E-state index contributed by atoms with van der Waals surface area (Å²) in [4.78, 5) is 10.1. The van der Waals surface area contributed by atoms with Gasteiger partial charge in [0.25, 0.3) is 0 Å². The molecule has 0 amide bonds. The highest BCUT2D eigenvalue weighted by Crippen LogP contribution is 2.38. The summed E-state index contributed by atoms with van der Waals surface area (Å²) >= 11 is 5.13. The van der Waals surface area contributed by atoms with Gasteiger partial charge in [0, 0.05) is 21.0 Å². The predicted molar refractivity (Wildman–Crippen MR) is 88.1 cm³/mol. The molecule has 0 spiro atoms. The fourth-order valence-electron chi connectivity index (χ4n) is 2.40. The van der Waals surface area contributed by atoms with Crippen molar-refractivity contribution in [1.82, 2.24) is 9.97 Å². The number of hydrogen-bond acceptors (Lipinski definition) is 3. The number of fused-ring (bicyclic) bond motifs is 3. The first kappa shape index (κ1) is 12.0. The second-order valence-corrected chi connectivity index (χ2v) is 6.23. The minimum Gasteiger partial charge on any atom is -0.221 e. The lowest BCUT2D eigenvalue weighted by atomic mass is 10.1. The van der Waals surface area contributed by atoms with Crippen LogP contribution in [0.1, 0.15) is 0 Å². The van der Waals surface area contributed by atoms with Crippen molar-refractivity contribution in [3.05, 3.63) is 59.3 Å². The van der Waals surface area contributed by atoms with Crippen molar-refractivity contribution >= 4 is 47.6 Å². The van der Waals surface area contributed by atoms with E-state index in [2.05, 4.69) is 62.3 Å². The van der Waals surface area contributed by atoms with Gasteiger partial charge in [0.15, 0.2) is 4.73 Å². The molecule has 0 saturated heterocycles. The molecule has 96 valence electrons. The standard InChI is InChI=1S/C16H9BrN2S/c17-16-18-14(10-6-2-1-3-7-10)13-11-8-4-5-9-12(11)20-15(13)19-16/h1-9H. The lowest BCUT2D eigenvalue weighted by Crippen LogP contribution is -1.88. The molecule has 4 heteroatoms. The summed E-state index contributed by atoms with van der Waals surface area (Å²) in [6, 6.07) is 18.6. The molecular formula is C16H9BrN2S. The van der Waals surface area contributed by atoms with Gasteiger partial charge in [-0.25, -0.2) is 9.97 Å². The van der Waals surface area contributed by atoms with Crippen LogP contribution in [0.2, 0.25) is 0 Å². The average molecular weight is 341 g/mol. The number of thiophene rings is 1. The van der Waals surface area contributed by atoms with E-state index in [4.69, 9.17) is 0 Å². The maximum atomic E-state index is 4.61. The van der Waals surface area contributed by atoms with E-state index in [0.29, 0.717) is 4.73 Å². The summed E-state index contributed by atoms with van der Waals surface area (Å²) in [5.41, 5.74) is 2.10. The molecule has 20 heavy (non-hydrogen) atoms. The van der Waals surface area contributed by atoms with Crippen molar-refractivity contribution in [1.29, 1.82) is 0 Å². The van der Waals surface area contributed by atoms with Gasteiger partial charge in [-0.3, -0.25) is 0 Å². The van der Waals surface area contributed by atoms with Gasteiger partial charge in [-0.1, -0.05) is 48.5 Å². The Balaban J connectivity index is 2.19. The van der Waals surface area contributed by atoms with Crippen molar-refractivity contribution < 1.29 is 0 Å². The Bertz CT molecular complexity index is 916. The second-order valence-electron chi connectivity index (χ2n) is 4.49. The molecule has 2 nitrogen and oxygen atoms in total. The zero-order valence-electron chi connectivity index (χ0n) is 10.4. The van der Waals surface area contributed by atoms with E-state index >= 15 is 0 Å². The van der Waals surface area contributed by atoms with Gasteiger partial charge in [0.1, 0.15) is 4.83 Å². The molecule has 2 aromatic carbocycles. The minimum atomic E-state index is 0.635. The van der Waals surface area contributed by atoms with Gasteiger partial charge >= 0.3 is 0 Å². The molecular weight excluding hydrogens is 332 g/mol. The molecule has 0 radical (unpaired) electrons. The molecule has 0 fully saturated rings. The normalized spacial score (nSPS) is 11.2. The summed E-state index contributed by atoms with van der Waals surface area (Å²) < 4.78 is 1.88. The number of rotatable bonds is 1. The maximum Gasteiger partial charge on any atom is 0.198 e. The molecule has 0 bridgehead atoms. The Labute approximate surface area is 128 Å². The highest BCUT2D eigenvalue weighted by atomic mass is 79.9. The SMILES string of the molecule is Brc1nc(-c2ccccc2)c2c(n1)sc1ccccc12. The summed E-state index contributed by atoms with van der Waals surface area (Å²) in [5, 5.41) is 2.36. The van der Waals surface area contributed by atoms with Crippen molar-refractivity contribution in [2.45, 2.75) is 0 Å². The van der Waals surface area contributed by atoms with Gasteiger partial charge in [-0.05, 0) is 22.0 Å². The van der Waals surface area contributed by atoms with Crippen LogP contribution in [-0.4, -0.2) is 9.97 Å². The fourth-order valence-corrected chi connectivity index (χ4v) is 3.95. The molecule has 4 rings (SSSR count). The molecule has 0 aliphatic rings. The largest absolute Gasteiger partial charge is 0.221 e. The second kappa shape index (κ2) is 4.65. The van der Waals surface area contributed by atoms with E-state index in [1.54, 1.807) is 11.3 Å². The Kier molecular flexibility index (Phi) is 2.79. The Hall–Kier alpha value is -1.78. The van der Waals surface area contributed by atoms with Gasteiger partial charge < -0.3 is 0 Å². The van der Waals surface area contributed by atoms with Crippen LogP contribution in [0.5, 0.6) is 0 Å². The molecule has 0 unspecified atom stereocenters. The van der Waals surface area contributed by atoms with E-state index in [-0.39, 0.29) is 0 Å². The van der Waals surface area contributed by atoms with Crippen LogP contribution in [0, 0.1) is 0 Å². The van der Waals surface area contributed by atoms with E-state index in [1.165, 1.54) is 10.1 Å². The molecule has 0 aliphatic carbocycles. The summed E-state index contributed by atoms with van der Waals surface area (Å²) in [5.74, 6) is 0. The van der Waals surface area contributed by atoms with Gasteiger partial charge in [-0.2, -0.15) is 0 Å².